The molecule has 0 amide bonds. The average molecular weight is 248 g/mol. The summed E-state index contributed by atoms with van der Waals surface area (Å²) in [5.74, 6) is 0.578. The molecule has 1 N–H and O–H groups in total. The molecule has 1 heterocycles. The summed E-state index contributed by atoms with van der Waals surface area (Å²) in [5.41, 5.74) is -1.58. The molecule has 0 radical (unpaired) electrons. The van der Waals surface area contributed by atoms with Crippen LogP contribution >= 0.6 is 0 Å². The van der Waals surface area contributed by atoms with Crippen molar-refractivity contribution in [1.29, 1.82) is 0 Å². The number of nitrogens with one attached hydrogen (secondary N) is 1. The SMILES string of the molecule is CC1(C2CC2)CN(C2(C(F)(F)F)CC2)CCN1. The Morgan fingerprint density at radius 2 is 1.88 bits per heavy atom. The summed E-state index contributed by atoms with van der Waals surface area (Å²) in [4.78, 5) is 1.70. The van der Waals surface area contributed by atoms with E-state index in [0.29, 0.717) is 25.6 Å². The van der Waals surface area contributed by atoms with Crippen LogP contribution in [0.15, 0.2) is 0 Å². The number of rotatable bonds is 2. The van der Waals surface area contributed by atoms with Crippen LogP contribution in [0.3, 0.4) is 0 Å². The Bertz CT molecular complexity index is 320. The van der Waals surface area contributed by atoms with Crippen molar-refractivity contribution in [2.45, 2.75) is 49.9 Å². The molecule has 3 aliphatic rings. The molecule has 3 rings (SSSR count). The molecular weight excluding hydrogens is 229 g/mol. The van der Waals surface area contributed by atoms with E-state index in [9.17, 15) is 13.2 Å². The molecule has 3 fully saturated rings. The lowest BCUT2D eigenvalue weighted by atomic mass is 9.91. The largest absolute Gasteiger partial charge is 0.406 e. The predicted octanol–water partition coefficient (Wildman–Crippen LogP) is 2.16. The van der Waals surface area contributed by atoms with Gasteiger partial charge in [-0.25, -0.2) is 0 Å². The number of halogens is 3. The quantitative estimate of drug-likeness (QED) is 0.805. The second-order valence-corrected chi connectivity index (χ2v) is 6.07. The van der Waals surface area contributed by atoms with E-state index in [1.165, 1.54) is 0 Å². The smallest absolute Gasteiger partial charge is 0.309 e. The van der Waals surface area contributed by atoms with Gasteiger partial charge in [0.2, 0.25) is 0 Å². The van der Waals surface area contributed by atoms with Crippen LogP contribution in [0, 0.1) is 5.92 Å². The van der Waals surface area contributed by atoms with Crippen molar-refractivity contribution in [3.8, 4) is 0 Å². The third kappa shape index (κ3) is 1.78. The van der Waals surface area contributed by atoms with Crippen molar-refractivity contribution in [3.05, 3.63) is 0 Å². The Labute approximate surface area is 99.5 Å². The minimum atomic E-state index is -4.06. The molecule has 0 aromatic carbocycles. The van der Waals surface area contributed by atoms with Crippen molar-refractivity contribution in [1.82, 2.24) is 10.2 Å². The predicted molar refractivity (Wildman–Crippen MR) is 58.7 cm³/mol. The summed E-state index contributed by atoms with van der Waals surface area (Å²) >= 11 is 0. The molecule has 2 nitrogen and oxygen atoms in total. The maximum Gasteiger partial charge on any atom is 0.406 e. The fourth-order valence-electron chi connectivity index (χ4n) is 3.26. The Morgan fingerprint density at radius 1 is 1.24 bits per heavy atom. The fourth-order valence-corrected chi connectivity index (χ4v) is 3.26. The van der Waals surface area contributed by atoms with Crippen LogP contribution < -0.4 is 5.32 Å². The van der Waals surface area contributed by atoms with Gasteiger partial charge in [-0.1, -0.05) is 0 Å². The standard InChI is InChI=1S/C12H19F3N2/c1-10(9-2-3-9)8-17(7-6-16-10)11(4-5-11)12(13,14)15/h9,16H,2-8H2,1H3. The van der Waals surface area contributed by atoms with Gasteiger partial charge in [-0.3, -0.25) is 4.90 Å². The van der Waals surface area contributed by atoms with Gasteiger partial charge >= 0.3 is 6.18 Å². The Hall–Kier alpha value is -0.290. The first kappa shape index (κ1) is 11.8. The van der Waals surface area contributed by atoms with E-state index in [0.717, 1.165) is 12.8 Å². The van der Waals surface area contributed by atoms with Crippen LogP contribution in [-0.2, 0) is 0 Å². The monoisotopic (exact) mass is 248 g/mol. The second kappa shape index (κ2) is 3.38. The molecule has 0 spiro atoms. The van der Waals surface area contributed by atoms with Crippen LogP contribution in [0.4, 0.5) is 13.2 Å². The molecular formula is C12H19F3N2. The molecule has 0 aromatic rings. The zero-order chi connectivity index (χ0) is 12.3. The van der Waals surface area contributed by atoms with Gasteiger partial charge in [0, 0.05) is 25.2 Å². The van der Waals surface area contributed by atoms with Crippen LogP contribution in [0.25, 0.3) is 0 Å². The van der Waals surface area contributed by atoms with Gasteiger partial charge in [0.05, 0.1) is 0 Å². The van der Waals surface area contributed by atoms with Crippen molar-refractivity contribution < 1.29 is 13.2 Å². The van der Waals surface area contributed by atoms with E-state index in [1.54, 1.807) is 4.90 Å². The van der Waals surface area contributed by atoms with Gasteiger partial charge in [-0.15, -0.1) is 0 Å². The summed E-state index contributed by atoms with van der Waals surface area (Å²) in [6.07, 6.45) is -1.16. The highest BCUT2D eigenvalue weighted by atomic mass is 19.4. The number of nitrogens with zero attached hydrogens (tertiary/aromatic N) is 1. The van der Waals surface area contributed by atoms with E-state index in [2.05, 4.69) is 12.2 Å². The van der Waals surface area contributed by atoms with Gasteiger partial charge in [0.1, 0.15) is 5.54 Å². The molecule has 1 aliphatic heterocycles. The van der Waals surface area contributed by atoms with E-state index in [-0.39, 0.29) is 18.4 Å². The fraction of sp³-hybridized carbons (Fsp3) is 1.00. The first-order valence-corrected chi connectivity index (χ1v) is 6.44. The minimum absolute atomic E-state index is 0.0981. The van der Waals surface area contributed by atoms with Crippen molar-refractivity contribution in [3.63, 3.8) is 0 Å². The van der Waals surface area contributed by atoms with Gasteiger partial charge in [-0.2, -0.15) is 13.2 Å². The summed E-state index contributed by atoms with van der Waals surface area (Å²) in [5, 5.41) is 3.43. The number of hydrogen-bond donors (Lipinski definition) is 1. The zero-order valence-corrected chi connectivity index (χ0v) is 10.1. The van der Waals surface area contributed by atoms with Crippen LogP contribution in [0.5, 0.6) is 0 Å². The van der Waals surface area contributed by atoms with Crippen LogP contribution in [-0.4, -0.2) is 41.8 Å². The van der Waals surface area contributed by atoms with E-state index < -0.39 is 11.7 Å². The van der Waals surface area contributed by atoms with E-state index in [1.807, 2.05) is 0 Å². The lowest BCUT2D eigenvalue weighted by molar-refractivity contribution is -0.201. The summed E-state index contributed by atoms with van der Waals surface area (Å²) < 4.78 is 39.3. The molecule has 17 heavy (non-hydrogen) atoms. The van der Waals surface area contributed by atoms with Crippen molar-refractivity contribution in [2.75, 3.05) is 19.6 Å². The zero-order valence-electron chi connectivity index (χ0n) is 10.1. The first-order valence-electron chi connectivity index (χ1n) is 6.44. The lowest BCUT2D eigenvalue weighted by Gasteiger charge is -2.46. The van der Waals surface area contributed by atoms with Gasteiger partial charge in [0.25, 0.3) is 0 Å². The number of alkyl halides is 3. The molecule has 5 heteroatoms. The van der Waals surface area contributed by atoms with Crippen LogP contribution in [0.1, 0.15) is 32.6 Å². The highest BCUT2D eigenvalue weighted by Gasteiger charge is 2.67. The molecule has 1 atom stereocenters. The second-order valence-electron chi connectivity index (χ2n) is 6.07. The number of piperazine rings is 1. The molecule has 0 aromatic heterocycles. The summed E-state index contributed by atoms with van der Waals surface area (Å²) in [7, 11) is 0. The van der Waals surface area contributed by atoms with Gasteiger partial charge in [-0.05, 0) is 38.5 Å². The maximum absolute atomic E-state index is 13.1. The van der Waals surface area contributed by atoms with Crippen LogP contribution in [0.2, 0.25) is 0 Å². The molecule has 98 valence electrons. The first-order chi connectivity index (χ1) is 7.87. The highest BCUT2D eigenvalue weighted by Crippen LogP contribution is 2.55. The summed E-state index contributed by atoms with van der Waals surface area (Å²) in [6.45, 7) is 3.85. The van der Waals surface area contributed by atoms with Gasteiger partial charge in [0.15, 0.2) is 0 Å². The molecule has 1 unspecified atom stereocenters. The molecule has 0 bridgehead atoms. The van der Waals surface area contributed by atoms with E-state index in [4.69, 9.17) is 0 Å². The molecule has 2 saturated carbocycles. The van der Waals surface area contributed by atoms with Gasteiger partial charge < -0.3 is 5.32 Å². The normalized spacial score (nSPS) is 38.1. The van der Waals surface area contributed by atoms with Crippen molar-refractivity contribution >= 4 is 0 Å². The topological polar surface area (TPSA) is 15.3 Å². The highest BCUT2D eigenvalue weighted by molar-refractivity contribution is 5.13. The molecule has 1 saturated heterocycles. The number of hydrogen-bond acceptors (Lipinski definition) is 2. The third-order valence-electron chi connectivity index (χ3n) is 4.76. The Balaban J connectivity index is 1.76. The maximum atomic E-state index is 13.1. The van der Waals surface area contributed by atoms with E-state index >= 15 is 0 Å². The molecule has 2 aliphatic carbocycles. The minimum Gasteiger partial charge on any atom is -0.309 e. The Morgan fingerprint density at radius 3 is 2.35 bits per heavy atom. The van der Waals surface area contributed by atoms with Crippen molar-refractivity contribution in [2.24, 2.45) is 5.92 Å². The third-order valence-corrected chi connectivity index (χ3v) is 4.76. The average Bonchev–Trinajstić information content (AvgIpc) is 3.10. The Kier molecular flexibility index (Phi) is 2.34. The summed E-state index contributed by atoms with van der Waals surface area (Å²) in [6, 6.07) is 0. The lowest BCUT2D eigenvalue weighted by Crippen LogP contribution is -2.65.